The maximum atomic E-state index is 13.0. The lowest BCUT2D eigenvalue weighted by Crippen LogP contribution is -2.35. The van der Waals surface area contributed by atoms with Crippen LogP contribution in [0.5, 0.6) is 0 Å². The highest BCUT2D eigenvalue weighted by Gasteiger charge is 2.22. The van der Waals surface area contributed by atoms with Gasteiger partial charge in [0.2, 0.25) is 0 Å². The fourth-order valence-electron chi connectivity index (χ4n) is 3.45. The second kappa shape index (κ2) is 10.1. The minimum absolute atomic E-state index is 0.167. The summed E-state index contributed by atoms with van der Waals surface area (Å²) < 4.78 is 7.14. The number of benzene rings is 1. The normalized spacial score (nSPS) is 10.7. The van der Waals surface area contributed by atoms with Crippen LogP contribution in [0.1, 0.15) is 23.7 Å². The van der Waals surface area contributed by atoms with Gasteiger partial charge >= 0.3 is 5.97 Å². The number of para-hydroxylation sites is 1. The van der Waals surface area contributed by atoms with E-state index in [0.29, 0.717) is 34.5 Å². The Labute approximate surface area is 194 Å². The number of aryl methyl sites for hydroxylation is 1. The fourth-order valence-corrected chi connectivity index (χ4v) is 4.14. The van der Waals surface area contributed by atoms with Gasteiger partial charge < -0.3 is 9.64 Å². The second-order valence-electron chi connectivity index (χ2n) is 7.10. The number of nitrogens with zero attached hydrogens (tertiary/aromatic N) is 5. The van der Waals surface area contributed by atoms with Crippen LogP contribution >= 0.6 is 11.3 Å². The molecule has 8 nitrogen and oxygen atoms in total. The van der Waals surface area contributed by atoms with Crippen LogP contribution in [0, 0.1) is 11.3 Å². The van der Waals surface area contributed by atoms with Crippen molar-refractivity contribution in [3.63, 3.8) is 0 Å². The molecule has 4 rings (SSSR count). The van der Waals surface area contributed by atoms with Gasteiger partial charge in [0.25, 0.3) is 5.91 Å². The van der Waals surface area contributed by atoms with E-state index < -0.39 is 18.5 Å². The molecule has 0 aliphatic rings. The van der Waals surface area contributed by atoms with E-state index >= 15 is 0 Å². The number of hydrogen-bond acceptors (Lipinski definition) is 7. The summed E-state index contributed by atoms with van der Waals surface area (Å²) in [4.78, 5) is 33.0. The molecular weight excluding hydrogens is 438 g/mol. The van der Waals surface area contributed by atoms with Crippen LogP contribution in [0.15, 0.2) is 60.1 Å². The van der Waals surface area contributed by atoms with Crippen molar-refractivity contribution >= 4 is 39.9 Å². The van der Waals surface area contributed by atoms with E-state index in [4.69, 9.17) is 10.00 Å². The van der Waals surface area contributed by atoms with Crippen LogP contribution in [0.2, 0.25) is 0 Å². The standard InChI is InChI=1S/C24H21N5O3S/c1-2-29-23-19(15-26-29)18(14-20(27-23)21-10-6-13-33-21)24(31)32-16-22(30)28(12-7-11-25)17-8-4-3-5-9-17/h3-6,8-10,13-15H,2,7,12,16H2,1H3. The number of carbonyl (C=O) groups excluding carboxylic acids is 2. The SMILES string of the molecule is CCn1ncc2c(C(=O)OCC(=O)N(CCC#N)c3ccccc3)cc(-c3cccs3)nc21. The van der Waals surface area contributed by atoms with E-state index in [1.54, 1.807) is 41.2 Å². The first-order chi connectivity index (χ1) is 16.1. The molecule has 0 saturated carbocycles. The van der Waals surface area contributed by atoms with Gasteiger partial charge in [-0.05, 0) is 36.6 Å². The quantitative estimate of drug-likeness (QED) is 0.365. The minimum atomic E-state index is -0.627. The largest absolute Gasteiger partial charge is 0.452 e. The summed E-state index contributed by atoms with van der Waals surface area (Å²) >= 11 is 1.52. The highest BCUT2D eigenvalue weighted by molar-refractivity contribution is 7.13. The van der Waals surface area contributed by atoms with E-state index in [9.17, 15) is 9.59 Å². The van der Waals surface area contributed by atoms with Gasteiger partial charge in [-0.1, -0.05) is 24.3 Å². The van der Waals surface area contributed by atoms with Gasteiger partial charge in [-0.25, -0.2) is 14.5 Å². The molecule has 3 heterocycles. The number of aromatic nitrogens is 3. The molecule has 0 aliphatic heterocycles. The monoisotopic (exact) mass is 459 g/mol. The first kappa shape index (κ1) is 22.2. The molecular formula is C24H21N5O3S. The van der Waals surface area contributed by atoms with E-state index in [1.165, 1.54) is 16.2 Å². The summed E-state index contributed by atoms with van der Waals surface area (Å²) in [5, 5.41) is 15.8. The molecule has 0 bridgehead atoms. The molecule has 33 heavy (non-hydrogen) atoms. The number of rotatable bonds is 8. The number of ether oxygens (including phenoxy) is 1. The molecule has 0 radical (unpaired) electrons. The zero-order valence-electron chi connectivity index (χ0n) is 18.0. The number of nitriles is 1. The van der Waals surface area contributed by atoms with Crippen LogP contribution in [0.4, 0.5) is 5.69 Å². The summed E-state index contributed by atoms with van der Waals surface area (Å²) in [6, 6.07) is 16.6. The van der Waals surface area contributed by atoms with Crippen molar-refractivity contribution in [2.75, 3.05) is 18.1 Å². The van der Waals surface area contributed by atoms with Crippen LogP contribution < -0.4 is 4.90 Å². The average Bonchev–Trinajstić information content (AvgIpc) is 3.53. The maximum absolute atomic E-state index is 13.0. The smallest absolute Gasteiger partial charge is 0.339 e. The molecule has 0 fully saturated rings. The first-order valence-electron chi connectivity index (χ1n) is 10.4. The van der Waals surface area contributed by atoms with Crippen LogP contribution in [-0.2, 0) is 16.1 Å². The van der Waals surface area contributed by atoms with Gasteiger partial charge in [-0.2, -0.15) is 10.4 Å². The number of hydrogen-bond donors (Lipinski definition) is 0. The zero-order chi connectivity index (χ0) is 23.2. The summed E-state index contributed by atoms with van der Waals surface area (Å²) in [5.74, 6) is -1.03. The molecule has 0 spiro atoms. The number of carbonyl (C=O) groups is 2. The van der Waals surface area contributed by atoms with Crippen LogP contribution in [0.3, 0.4) is 0 Å². The summed E-state index contributed by atoms with van der Waals surface area (Å²) in [7, 11) is 0. The van der Waals surface area contributed by atoms with E-state index in [2.05, 4.69) is 10.1 Å². The number of fused-ring (bicyclic) bond motifs is 1. The second-order valence-corrected chi connectivity index (χ2v) is 8.04. The Morgan fingerprint density at radius 3 is 2.73 bits per heavy atom. The molecule has 0 unspecified atom stereocenters. The molecule has 1 aromatic carbocycles. The van der Waals surface area contributed by atoms with Gasteiger partial charge in [0.05, 0.1) is 40.2 Å². The highest BCUT2D eigenvalue weighted by Crippen LogP contribution is 2.28. The molecule has 0 aliphatic carbocycles. The van der Waals surface area contributed by atoms with Gasteiger partial charge in [-0.3, -0.25) is 4.79 Å². The third-order valence-electron chi connectivity index (χ3n) is 5.05. The Hall–Kier alpha value is -4.03. The fraction of sp³-hybridized carbons (Fsp3) is 0.208. The molecule has 0 N–H and O–H groups in total. The number of thiophene rings is 1. The molecule has 4 aromatic rings. The van der Waals surface area contributed by atoms with Crippen LogP contribution in [-0.4, -0.2) is 39.8 Å². The molecule has 9 heteroatoms. The molecule has 0 saturated heterocycles. The van der Waals surface area contributed by atoms with Crippen molar-refractivity contribution in [1.29, 1.82) is 5.26 Å². The van der Waals surface area contributed by atoms with Crippen molar-refractivity contribution in [2.24, 2.45) is 0 Å². The Bertz CT molecular complexity index is 1310. The Morgan fingerprint density at radius 2 is 2.03 bits per heavy atom. The third kappa shape index (κ3) is 4.76. The number of esters is 1. The van der Waals surface area contributed by atoms with Gasteiger partial charge in [0.1, 0.15) is 0 Å². The Morgan fingerprint density at radius 1 is 1.21 bits per heavy atom. The van der Waals surface area contributed by atoms with Gasteiger partial charge in [0.15, 0.2) is 12.3 Å². The lowest BCUT2D eigenvalue weighted by molar-refractivity contribution is -0.121. The van der Waals surface area contributed by atoms with Crippen molar-refractivity contribution in [2.45, 2.75) is 19.9 Å². The first-order valence-corrected chi connectivity index (χ1v) is 11.3. The third-order valence-corrected chi connectivity index (χ3v) is 5.94. The average molecular weight is 460 g/mol. The predicted molar refractivity (Wildman–Crippen MR) is 126 cm³/mol. The molecule has 1 amide bonds. The van der Waals surface area contributed by atoms with E-state index in [0.717, 1.165) is 4.88 Å². The van der Waals surface area contributed by atoms with Crippen molar-refractivity contribution in [1.82, 2.24) is 14.8 Å². The topological polar surface area (TPSA) is 101 Å². The minimum Gasteiger partial charge on any atom is -0.452 e. The highest BCUT2D eigenvalue weighted by atomic mass is 32.1. The predicted octanol–water partition coefficient (Wildman–Crippen LogP) is 4.28. The summed E-state index contributed by atoms with van der Waals surface area (Å²) in [5.41, 5.74) is 2.18. The Kier molecular flexibility index (Phi) is 6.76. The van der Waals surface area contributed by atoms with Crippen molar-refractivity contribution in [3.05, 3.63) is 65.7 Å². The van der Waals surface area contributed by atoms with Gasteiger partial charge in [-0.15, -0.1) is 11.3 Å². The summed E-state index contributed by atoms with van der Waals surface area (Å²) in [6.07, 6.45) is 1.76. The zero-order valence-corrected chi connectivity index (χ0v) is 18.8. The Balaban J connectivity index is 1.59. The van der Waals surface area contributed by atoms with Gasteiger partial charge in [0, 0.05) is 18.8 Å². The van der Waals surface area contributed by atoms with Crippen molar-refractivity contribution in [3.8, 4) is 16.6 Å². The number of pyridine rings is 1. The lowest BCUT2D eigenvalue weighted by atomic mass is 10.1. The summed E-state index contributed by atoms with van der Waals surface area (Å²) in [6.45, 7) is 2.31. The molecule has 0 atom stereocenters. The molecule has 3 aromatic heterocycles. The number of anilines is 1. The lowest BCUT2D eigenvalue weighted by Gasteiger charge is -2.21. The van der Waals surface area contributed by atoms with Crippen molar-refractivity contribution < 1.29 is 14.3 Å². The maximum Gasteiger partial charge on any atom is 0.339 e. The van der Waals surface area contributed by atoms with Crippen LogP contribution in [0.25, 0.3) is 21.6 Å². The number of amides is 1. The van der Waals surface area contributed by atoms with E-state index in [-0.39, 0.29) is 13.0 Å². The van der Waals surface area contributed by atoms with E-state index in [1.807, 2.05) is 36.6 Å². The molecule has 166 valence electrons.